The zero-order valence-corrected chi connectivity index (χ0v) is 18.7. The standard InChI is InChI=1S/C22H32N4O2S/c1-6-23-21(24-15-18-12-8-7-11-17(18)2)25-16-19-13-9-10-14-20(19)29(27,28)26-22(3,4)5/h7-14,26H,6,15-16H2,1-5H3,(H2,23,24,25). The van der Waals surface area contributed by atoms with E-state index in [0.717, 1.165) is 0 Å². The lowest BCUT2D eigenvalue weighted by atomic mass is 10.1. The average molecular weight is 417 g/mol. The van der Waals surface area contributed by atoms with Crippen LogP contribution in [0.1, 0.15) is 44.4 Å². The van der Waals surface area contributed by atoms with Crippen molar-refractivity contribution in [3.63, 3.8) is 0 Å². The van der Waals surface area contributed by atoms with Crippen molar-refractivity contribution in [3.05, 3.63) is 65.2 Å². The predicted octanol–water partition coefficient (Wildman–Crippen LogP) is 3.33. The Morgan fingerprint density at radius 1 is 0.966 bits per heavy atom. The first-order chi connectivity index (χ1) is 13.6. The highest BCUT2D eigenvalue weighted by molar-refractivity contribution is 7.89. The van der Waals surface area contributed by atoms with Gasteiger partial charge in [-0.05, 0) is 57.4 Å². The molecule has 2 aromatic rings. The van der Waals surface area contributed by atoms with Gasteiger partial charge in [0.25, 0.3) is 0 Å². The highest BCUT2D eigenvalue weighted by atomic mass is 32.2. The summed E-state index contributed by atoms with van der Waals surface area (Å²) in [4.78, 5) is 4.86. The molecular weight excluding hydrogens is 384 g/mol. The number of nitrogens with one attached hydrogen (secondary N) is 3. The van der Waals surface area contributed by atoms with Crippen molar-refractivity contribution in [2.75, 3.05) is 6.54 Å². The predicted molar refractivity (Wildman–Crippen MR) is 119 cm³/mol. The van der Waals surface area contributed by atoms with Crippen LogP contribution in [0.25, 0.3) is 0 Å². The van der Waals surface area contributed by atoms with E-state index in [9.17, 15) is 8.42 Å². The second-order valence-corrected chi connectivity index (χ2v) is 9.59. The molecule has 0 fully saturated rings. The minimum Gasteiger partial charge on any atom is -0.357 e. The first-order valence-electron chi connectivity index (χ1n) is 9.81. The number of rotatable bonds is 7. The molecule has 0 aliphatic rings. The third kappa shape index (κ3) is 7.18. The molecule has 0 atom stereocenters. The maximum atomic E-state index is 12.8. The Morgan fingerprint density at radius 3 is 2.21 bits per heavy atom. The van der Waals surface area contributed by atoms with Crippen molar-refractivity contribution < 1.29 is 8.42 Å². The monoisotopic (exact) mass is 416 g/mol. The number of hydrogen-bond donors (Lipinski definition) is 3. The number of sulfonamides is 1. The molecule has 0 unspecified atom stereocenters. The number of aryl methyl sites for hydroxylation is 1. The molecule has 7 heteroatoms. The average Bonchev–Trinajstić information content (AvgIpc) is 2.63. The summed E-state index contributed by atoms with van der Waals surface area (Å²) in [5, 5.41) is 6.53. The Hall–Kier alpha value is -2.38. The molecule has 0 radical (unpaired) electrons. The van der Waals surface area contributed by atoms with Gasteiger partial charge in [-0.25, -0.2) is 18.1 Å². The molecule has 0 aromatic heterocycles. The molecule has 6 nitrogen and oxygen atoms in total. The summed E-state index contributed by atoms with van der Waals surface area (Å²) in [6.45, 7) is 11.2. The largest absolute Gasteiger partial charge is 0.357 e. The van der Waals surface area contributed by atoms with Crippen molar-refractivity contribution in [1.29, 1.82) is 0 Å². The van der Waals surface area contributed by atoms with Gasteiger partial charge in [0.15, 0.2) is 5.96 Å². The van der Waals surface area contributed by atoms with Gasteiger partial charge in [0.2, 0.25) is 10.0 Å². The van der Waals surface area contributed by atoms with E-state index in [-0.39, 0.29) is 11.4 Å². The Kier molecular flexibility index (Phi) is 7.81. The highest BCUT2D eigenvalue weighted by Crippen LogP contribution is 2.18. The molecule has 2 rings (SSSR count). The first-order valence-corrected chi connectivity index (χ1v) is 11.3. The molecule has 0 amide bonds. The maximum Gasteiger partial charge on any atom is 0.241 e. The van der Waals surface area contributed by atoms with E-state index in [1.807, 2.05) is 45.9 Å². The topological polar surface area (TPSA) is 82.6 Å². The minimum atomic E-state index is -3.63. The number of hydrogen-bond acceptors (Lipinski definition) is 3. The lowest BCUT2D eigenvalue weighted by Crippen LogP contribution is -2.40. The Morgan fingerprint density at radius 2 is 1.59 bits per heavy atom. The van der Waals surface area contributed by atoms with Gasteiger partial charge >= 0.3 is 0 Å². The fourth-order valence-corrected chi connectivity index (χ4v) is 4.50. The van der Waals surface area contributed by atoms with Gasteiger partial charge in [-0.1, -0.05) is 42.5 Å². The lowest BCUT2D eigenvalue weighted by Gasteiger charge is -2.21. The zero-order chi connectivity index (χ0) is 21.5. The van der Waals surface area contributed by atoms with Crippen molar-refractivity contribution >= 4 is 16.0 Å². The Balaban J connectivity index is 2.20. The maximum absolute atomic E-state index is 12.8. The third-order valence-corrected chi connectivity index (χ3v) is 6.02. The lowest BCUT2D eigenvalue weighted by molar-refractivity contribution is 0.491. The Labute approximate surface area is 174 Å². The summed E-state index contributed by atoms with van der Waals surface area (Å²) in [5.41, 5.74) is 2.49. The molecule has 0 bridgehead atoms. The second kappa shape index (κ2) is 9.89. The van der Waals surface area contributed by atoms with E-state index in [4.69, 9.17) is 0 Å². The zero-order valence-electron chi connectivity index (χ0n) is 17.9. The number of nitrogens with zero attached hydrogens (tertiary/aromatic N) is 1. The molecule has 0 spiro atoms. The van der Waals surface area contributed by atoms with Crippen LogP contribution in [-0.4, -0.2) is 26.5 Å². The second-order valence-electron chi connectivity index (χ2n) is 7.94. The molecule has 0 aliphatic carbocycles. The summed E-state index contributed by atoms with van der Waals surface area (Å²) < 4.78 is 28.3. The minimum absolute atomic E-state index is 0.254. The SMILES string of the molecule is CCNC(=NCc1ccccc1S(=O)(=O)NC(C)(C)C)NCc1ccccc1C. The summed E-state index contributed by atoms with van der Waals surface area (Å²) in [5.74, 6) is 0.645. The van der Waals surface area contributed by atoms with Gasteiger partial charge < -0.3 is 10.6 Å². The summed E-state index contributed by atoms with van der Waals surface area (Å²) in [6, 6.07) is 15.1. The molecule has 0 aliphatic heterocycles. The van der Waals surface area contributed by atoms with Gasteiger partial charge in [-0.15, -0.1) is 0 Å². The van der Waals surface area contributed by atoms with Crippen LogP contribution < -0.4 is 15.4 Å². The molecule has 158 valence electrons. The summed E-state index contributed by atoms with van der Waals surface area (Å²) in [6.07, 6.45) is 0. The summed E-state index contributed by atoms with van der Waals surface area (Å²) in [7, 11) is -3.63. The molecule has 0 saturated carbocycles. The number of benzene rings is 2. The molecule has 0 saturated heterocycles. The van der Waals surface area contributed by atoms with E-state index >= 15 is 0 Å². The molecule has 2 aromatic carbocycles. The van der Waals surface area contributed by atoms with E-state index < -0.39 is 15.6 Å². The van der Waals surface area contributed by atoms with Crippen LogP contribution in [0.15, 0.2) is 58.4 Å². The van der Waals surface area contributed by atoms with Crippen molar-refractivity contribution in [1.82, 2.24) is 15.4 Å². The van der Waals surface area contributed by atoms with Gasteiger partial charge in [-0.2, -0.15) is 0 Å². The van der Waals surface area contributed by atoms with Crippen LogP contribution in [0.5, 0.6) is 0 Å². The molecule has 0 heterocycles. The fraction of sp³-hybridized carbons (Fsp3) is 0.409. The van der Waals surface area contributed by atoms with Gasteiger partial charge in [0.05, 0.1) is 11.4 Å². The van der Waals surface area contributed by atoms with Gasteiger partial charge in [0.1, 0.15) is 0 Å². The van der Waals surface area contributed by atoms with E-state index in [0.29, 0.717) is 24.6 Å². The highest BCUT2D eigenvalue weighted by Gasteiger charge is 2.24. The first kappa shape index (κ1) is 22.9. The van der Waals surface area contributed by atoms with E-state index in [2.05, 4.69) is 39.4 Å². The van der Waals surface area contributed by atoms with Crippen LogP contribution >= 0.6 is 0 Å². The molecule has 29 heavy (non-hydrogen) atoms. The van der Waals surface area contributed by atoms with Crippen LogP contribution in [0.3, 0.4) is 0 Å². The van der Waals surface area contributed by atoms with Crippen LogP contribution in [0, 0.1) is 6.92 Å². The molecular formula is C22H32N4O2S. The third-order valence-electron chi connectivity index (χ3n) is 4.16. The summed E-state index contributed by atoms with van der Waals surface area (Å²) >= 11 is 0. The van der Waals surface area contributed by atoms with Gasteiger partial charge in [-0.3, -0.25) is 0 Å². The van der Waals surface area contributed by atoms with Crippen molar-refractivity contribution in [2.24, 2.45) is 4.99 Å². The Bertz CT molecular complexity index is 947. The normalized spacial score (nSPS) is 12.7. The van der Waals surface area contributed by atoms with Gasteiger partial charge in [0, 0.05) is 18.6 Å². The van der Waals surface area contributed by atoms with Crippen LogP contribution in [-0.2, 0) is 23.1 Å². The van der Waals surface area contributed by atoms with Crippen molar-refractivity contribution in [2.45, 2.75) is 58.1 Å². The van der Waals surface area contributed by atoms with E-state index in [1.165, 1.54) is 11.1 Å². The van der Waals surface area contributed by atoms with Crippen LogP contribution in [0.2, 0.25) is 0 Å². The number of guanidine groups is 1. The quantitative estimate of drug-likeness (QED) is 0.478. The molecule has 3 N–H and O–H groups in total. The van der Waals surface area contributed by atoms with Crippen LogP contribution in [0.4, 0.5) is 0 Å². The fourth-order valence-electron chi connectivity index (χ4n) is 2.85. The number of aliphatic imine (C=N–C) groups is 1. The smallest absolute Gasteiger partial charge is 0.241 e. The van der Waals surface area contributed by atoms with Crippen molar-refractivity contribution in [3.8, 4) is 0 Å². The van der Waals surface area contributed by atoms with E-state index in [1.54, 1.807) is 18.2 Å².